The Hall–Kier alpha value is -1.16. The van der Waals surface area contributed by atoms with E-state index in [2.05, 4.69) is 41.0 Å². The van der Waals surface area contributed by atoms with Gasteiger partial charge in [0.1, 0.15) is 5.82 Å². The molecule has 1 N–H and O–H groups in total. The molecule has 2 unspecified atom stereocenters. The number of nitrogens with zero attached hydrogens (tertiary/aromatic N) is 3. The maximum Gasteiger partial charge on any atom is 0.144 e. The molecule has 1 aliphatic rings. The zero-order valence-electron chi connectivity index (χ0n) is 11.7. The highest BCUT2D eigenvalue weighted by molar-refractivity contribution is 5.30. The third-order valence-electron chi connectivity index (χ3n) is 3.39. The summed E-state index contributed by atoms with van der Waals surface area (Å²) in [6.07, 6.45) is 5.07. The highest BCUT2D eigenvalue weighted by Crippen LogP contribution is 2.21. The lowest BCUT2D eigenvalue weighted by atomic mass is 9.92. The van der Waals surface area contributed by atoms with Crippen LogP contribution in [0.5, 0.6) is 0 Å². The fraction of sp³-hybridized carbons (Fsp3) is 0.714. The van der Waals surface area contributed by atoms with Gasteiger partial charge in [-0.3, -0.25) is 9.88 Å². The molecule has 0 aromatic carbocycles. The van der Waals surface area contributed by atoms with Crippen molar-refractivity contribution in [2.45, 2.75) is 33.7 Å². The lowest BCUT2D eigenvalue weighted by Gasteiger charge is -2.34. The fourth-order valence-electron chi connectivity index (χ4n) is 2.86. The van der Waals surface area contributed by atoms with Crippen molar-refractivity contribution in [3.05, 3.63) is 18.1 Å². The van der Waals surface area contributed by atoms with Crippen molar-refractivity contribution >= 4 is 5.82 Å². The zero-order chi connectivity index (χ0) is 13.0. The van der Waals surface area contributed by atoms with Crippen molar-refractivity contribution in [3.63, 3.8) is 0 Å². The maximum atomic E-state index is 4.47. The molecule has 1 fully saturated rings. The third-order valence-corrected chi connectivity index (χ3v) is 3.39. The topological polar surface area (TPSA) is 41.1 Å². The second-order valence-electron chi connectivity index (χ2n) is 5.56. The van der Waals surface area contributed by atoms with Crippen LogP contribution in [0.15, 0.2) is 12.4 Å². The van der Waals surface area contributed by atoms with Gasteiger partial charge in [-0.05, 0) is 25.2 Å². The van der Waals surface area contributed by atoms with Gasteiger partial charge < -0.3 is 5.32 Å². The lowest BCUT2D eigenvalue weighted by Crippen LogP contribution is -2.38. The summed E-state index contributed by atoms with van der Waals surface area (Å²) in [5, 5.41) is 3.17. The standard InChI is InChI=1S/C14H24N4/c1-4-15-14-7-16-13(6-17-14)10-18-8-11(2)5-12(3)9-18/h6-7,11-12H,4-5,8-10H2,1-3H3,(H,15,17). The summed E-state index contributed by atoms with van der Waals surface area (Å²) in [5.74, 6) is 2.45. The molecule has 2 heterocycles. The van der Waals surface area contributed by atoms with Crippen molar-refractivity contribution in [2.75, 3.05) is 25.0 Å². The average molecular weight is 248 g/mol. The highest BCUT2D eigenvalue weighted by atomic mass is 15.1. The molecule has 1 saturated heterocycles. The summed E-state index contributed by atoms with van der Waals surface area (Å²) >= 11 is 0. The van der Waals surface area contributed by atoms with Gasteiger partial charge >= 0.3 is 0 Å². The van der Waals surface area contributed by atoms with Crippen LogP contribution in [0.2, 0.25) is 0 Å². The molecular formula is C14H24N4. The summed E-state index contributed by atoms with van der Waals surface area (Å²) in [6, 6.07) is 0. The first-order valence-corrected chi connectivity index (χ1v) is 6.94. The summed E-state index contributed by atoms with van der Waals surface area (Å²) in [5.41, 5.74) is 1.07. The molecule has 2 rings (SSSR count). The molecule has 1 aliphatic heterocycles. The number of rotatable bonds is 4. The number of aromatic nitrogens is 2. The Morgan fingerprint density at radius 1 is 1.22 bits per heavy atom. The molecular weight excluding hydrogens is 224 g/mol. The van der Waals surface area contributed by atoms with Gasteiger partial charge in [-0.1, -0.05) is 13.8 Å². The molecule has 100 valence electrons. The van der Waals surface area contributed by atoms with Crippen molar-refractivity contribution < 1.29 is 0 Å². The SMILES string of the molecule is CCNc1cnc(CN2CC(C)CC(C)C2)cn1. The summed E-state index contributed by atoms with van der Waals surface area (Å²) < 4.78 is 0. The van der Waals surface area contributed by atoms with Crippen LogP contribution in [-0.4, -0.2) is 34.5 Å². The number of nitrogens with one attached hydrogen (secondary N) is 1. The minimum absolute atomic E-state index is 0.794. The first-order chi connectivity index (χ1) is 8.67. The van der Waals surface area contributed by atoms with Gasteiger partial charge in [-0.2, -0.15) is 0 Å². The summed E-state index contributed by atoms with van der Waals surface area (Å²) in [4.78, 5) is 11.3. The molecule has 0 spiro atoms. The molecule has 1 aromatic rings. The van der Waals surface area contributed by atoms with E-state index in [9.17, 15) is 0 Å². The lowest BCUT2D eigenvalue weighted by molar-refractivity contribution is 0.133. The predicted octanol–water partition coefficient (Wildman–Crippen LogP) is 2.39. The van der Waals surface area contributed by atoms with Crippen LogP contribution in [0.3, 0.4) is 0 Å². The Morgan fingerprint density at radius 2 is 1.94 bits per heavy atom. The van der Waals surface area contributed by atoms with E-state index in [0.29, 0.717) is 0 Å². The summed E-state index contributed by atoms with van der Waals surface area (Å²) in [6.45, 7) is 10.9. The van der Waals surface area contributed by atoms with E-state index in [4.69, 9.17) is 0 Å². The summed E-state index contributed by atoms with van der Waals surface area (Å²) in [7, 11) is 0. The van der Waals surface area contributed by atoms with Crippen LogP contribution in [0.4, 0.5) is 5.82 Å². The second-order valence-corrected chi connectivity index (χ2v) is 5.56. The van der Waals surface area contributed by atoms with E-state index in [-0.39, 0.29) is 0 Å². The van der Waals surface area contributed by atoms with Gasteiger partial charge in [-0.25, -0.2) is 4.98 Å². The van der Waals surface area contributed by atoms with E-state index >= 15 is 0 Å². The highest BCUT2D eigenvalue weighted by Gasteiger charge is 2.21. The van der Waals surface area contributed by atoms with Crippen molar-refractivity contribution in [1.29, 1.82) is 0 Å². The van der Waals surface area contributed by atoms with Crippen molar-refractivity contribution in [1.82, 2.24) is 14.9 Å². The van der Waals surface area contributed by atoms with E-state index in [1.807, 2.05) is 12.4 Å². The second kappa shape index (κ2) is 6.14. The minimum atomic E-state index is 0.794. The number of anilines is 1. The van der Waals surface area contributed by atoms with Crippen molar-refractivity contribution in [2.24, 2.45) is 11.8 Å². The largest absolute Gasteiger partial charge is 0.369 e. The minimum Gasteiger partial charge on any atom is -0.369 e. The van der Waals surface area contributed by atoms with Gasteiger partial charge in [0.25, 0.3) is 0 Å². The van der Waals surface area contributed by atoms with E-state index < -0.39 is 0 Å². The Labute approximate surface area is 110 Å². The molecule has 0 radical (unpaired) electrons. The van der Waals surface area contributed by atoms with E-state index in [0.717, 1.165) is 36.4 Å². The van der Waals surface area contributed by atoms with Gasteiger partial charge in [0.2, 0.25) is 0 Å². The van der Waals surface area contributed by atoms with Crippen LogP contribution in [-0.2, 0) is 6.54 Å². The number of hydrogen-bond acceptors (Lipinski definition) is 4. The average Bonchev–Trinajstić information content (AvgIpc) is 2.31. The Bertz CT molecular complexity index is 353. The van der Waals surface area contributed by atoms with Crippen LogP contribution >= 0.6 is 0 Å². The molecule has 4 heteroatoms. The van der Waals surface area contributed by atoms with Crippen LogP contribution in [0, 0.1) is 11.8 Å². The molecule has 0 amide bonds. The first kappa shape index (κ1) is 13.3. The van der Waals surface area contributed by atoms with Crippen LogP contribution in [0.25, 0.3) is 0 Å². The zero-order valence-corrected chi connectivity index (χ0v) is 11.7. The molecule has 0 bridgehead atoms. The van der Waals surface area contributed by atoms with E-state index in [1.54, 1.807) is 0 Å². The molecule has 1 aromatic heterocycles. The Kier molecular flexibility index (Phi) is 4.53. The normalized spacial score (nSPS) is 25.1. The fourth-order valence-corrected chi connectivity index (χ4v) is 2.86. The monoisotopic (exact) mass is 248 g/mol. The third kappa shape index (κ3) is 3.67. The molecule has 18 heavy (non-hydrogen) atoms. The molecule has 0 aliphatic carbocycles. The Morgan fingerprint density at radius 3 is 2.50 bits per heavy atom. The molecule has 0 saturated carbocycles. The maximum absolute atomic E-state index is 4.47. The predicted molar refractivity (Wildman–Crippen MR) is 74.4 cm³/mol. The molecule has 4 nitrogen and oxygen atoms in total. The van der Waals surface area contributed by atoms with Gasteiger partial charge in [0, 0.05) is 26.2 Å². The van der Waals surface area contributed by atoms with Crippen molar-refractivity contribution in [3.8, 4) is 0 Å². The quantitative estimate of drug-likeness (QED) is 0.888. The number of likely N-dealkylation sites (tertiary alicyclic amines) is 1. The van der Waals surface area contributed by atoms with Gasteiger partial charge in [-0.15, -0.1) is 0 Å². The molecule has 2 atom stereocenters. The van der Waals surface area contributed by atoms with Crippen LogP contribution in [0.1, 0.15) is 32.9 Å². The Balaban J connectivity index is 1.92. The van der Waals surface area contributed by atoms with E-state index in [1.165, 1.54) is 19.5 Å². The number of piperidine rings is 1. The van der Waals surface area contributed by atoms with Gasteiger partial charge in [0.05, 0.1) is 18.1 Å². The van der Waals surface area contributed by atoms with Gasteiger partial charge in [0.15, 0.2) is 0 Å². The smallest absolute Gasteiger partial charge is 0.144 e. The number of hydrogen-bond donors (Lipinski definition) is 1. The van der Waals surface area contributed by atoms with Crippen LogP contribution < -0.4 is 5.32 Å². The first-order valence-electron chi connectivity index (χ1n) is 6.94.